The first-order valence-electron chi connectivity index (χ1n) is 7.42. The molecule has 1 saturated heterocycles. The largest absolute Gasteiger partial charge is 0.471 e. The molecule has 1 amide bonds. The normalized spacial score (nSPS) is 20.7. The summed E-state index contributed by atoms with van der Waals surface area (Å²) in [5.41, 5.74) is 0.596. The Hall–Kier alpha value is -1.47. The molecule has 2 N–H and O–H groups in total. The summed E-state index contributed by atoms with van der Waals surface area (Å²) >= 11 is 0. The average Bonchev–Trinajstić information content (AvgIpc) is 2.51. The Morgan fingerprint density at radius 2 is 2.35 bits per heavy atom. The molecule has 0 bridgehead atoms. The molecule has 1 fully saturated rings. The van der Waals surface area contributed by atoms with Gasteiger partial charge in [-0.05, 0) is 32.4 Å². The predicted octanol–water partition coefficient (Wildman–Crippen LogP) is 2.15. The minimum absolute atomic E-state index is 0. The van der Waals surface area contributed by atoms with Gasteiger partial charge in [-0.15, -0.1) is 12.4 Å². The molecule has 1 aromatic rings. The Kier molecular flexibility index (Phi) is 8.19. The Balaban J connectivity index is 0.00000264. The second-order valence-electron chi connectivity index (χ2n) is 5.46. The molecule has 2 rings (SSSR count). The monoisotopic (exact) mass is 349 g/mol. The molecule has 23 heavy (non-hydrogen) atoms. The third-order valence-electron chi connectivity index (χ3n) is 3.64. The maximum absolute atomic E-state index is 12.2. The zero-order valence-electron chi connectivity index (χ0n) is 12.9. The topological polar surface area (TPSA) is 63.2 Å². The molecule has 0 spiro atoms. The number of nitrogens with zero attached hydrogens (tertiary/aromatic N) is 1. The van der Waals surface area contributed by atoms with E-state index in [4.69, 9.17) is 4.74 Å². The van der Waals surface area contributed by atoms with Crippen LogP contribution in [-0.2, 0) is 11.3 Å². The van der Waals surface area contributed by atoms with Crippen molar-refractivity contribution in [2.75, 3.05) is 13.2 Å². The van der Waals surface area contributed by atoms with Crippen LogP contribution in [0.4, 0.5) is 8.78 Å². The van der Waals surface area contributed by atoms with Crippen molar-refractivity contribution in [3.05, 3.63) is 23.9 Å². The van der Waals surface area contributed by atoms with E-state index in [2.05, 4.69) is 22.5 Å². The molecule has 1 aliphatic heterocycles. The van der Waals surface area contributed by atoms with Gasteiger partial charge in [0, 0.05) is 30.3 Å². The number of piperidine rings is 1. The van der Waals surface area contributed by atoms with Crippen LogP contribution in [0.1, 0.15) is 25.3 Å². The van der Waals surface area contributed by atoms with Crippen LogP contribution in [0.2, 0.25) is 0 Å². The van der Waals surface area contributed by atoms with Crippen LogP contribution in [0.25, 0.3) is 0 Å². The van der Waals surface area contributed by atoms with Gasteiger partial charge in [0.15, 0.2) is 6.61 Å². The third-order valence-corrected chi connectivity index (χ3v) is 3.64. The van der Waals surface area contributed by atoms with E-state index < -0.39 is 13.0 Å². The van der Waals surface area contributed by atoms with Gasteiger partial charge in [-0.3, -0.25) is 4.79 Å². The van der Waals surface area contributed by atoms with E-state index in [1.54, 1.807) is 12.1 Å². The third kappa shape index (κ3) is 6.27. The molecular weight excluding hydrogens is 328 g/mol. The number of nitrogens with one attached hydrogen (secondary N) is 2. The van der Waals surface area contributed by atoms with Crippen molar-refractivity contribution in [2.24, 2.45) is 5.92 Å². The molecule has 130 valence electrons. The van der Waals surface area contributed by atoms with Crippen molar-refractivity contribution in [3.8, 4) is 5.88 Å². The molecule has 0 aliphatic carbocycles. The number of carbonyl (C=O) groups excluding carboxylic acids is 1. The highest BCUT2D eigenvalue weighted by molar-refractivity contribution is 5.85. The number of ether oxygens (including phenoxy) is 1. The zero-order valence-corrected chi connectivity index (χ0v) is 13.7. The summed E-state index contributed by atoms with van der Waals surface area (Å²) < 4.78 is 29.4. The highest BCUT2D eigenvalue weighted by Crippen LogP contribution is 2.18. The number of halogens is 3. The summed E-state index contributed by atoms with van der Waals surface area (Å²) in [5.74, 6) is 0.108. The number of pyridine rings is 1. The van der Waals surface area contributed by atoms with E-state index in [0.717, 1.165) is 19.4 Å². The Morgan fingerprint density at radius 1 is 1.57 bits per heavy atom. The van der Waals surface area contributed by atoms with Crippen molar-refractivity contribution in [3.63, 3.8) is 0 Å². The lowest BCUT2D eigenvalue weighted by Crippen LogP contribution is -2.42. The average molecular weight is 350 g/mol. The van der Waals surface area contributed by atoms with Crippen LogP contribution in [0, 0.1) is 5.92 Å². The highest BCUT2D eigenvalue weighted by Gasteiger charge is 2.24. The second kappa shape index (κ2) is 9.62. The standard InChI is InChI=1S/C15H21F2N3O2.ClH/c1-10-7-11(4-6-18-10)14(21)20-8-12-3-2-5-19-15(12)22-9-13(16)17;/h2-3,5,10-11,13,18H,4,6-9H2,1H3,(H,20,21);1H/t10-,11-;/m0./s1. The van der Waals surface area contributed by atoms with Gasteiger partial charge in [-0.1, -0.05) is 6.07 Å². The Bertz CT molecular complexity index is 505. The Morgan fingerprint density at radius 3 is 3.04 bits per heavy atom. The highest BCUT2D eigenvalue weighted by atomic mass is 35.5. The van der Waals surface area contributed by atoms with Crippen LogP contribution in [0.5, 0.6) is 5.88 Å². The molecule has 2 atom stereocenters. The van der Waals surface area contributed by atoms with Gasteiger partial charge in [0.25, 0.3) is 6.43 Å². The smallest absolute Gasteiger partial charge is 0.272 e. The molecule has 0 unspecified atom stereocenters. The number of rotatable bonds is 6. The summed E-state index contributed by atoms with van der Waals surface area (Å²) in [6.45, 7) is 2.40. The molecule has 0 radical (unpaired) electrons. The number of aromatic nitrogens is 1. The number of hydrogen-bond donors (Lipinski definition) is 2. The van der Waals surface area contributed by atoms with Gasteiger partial charge < -0.3 is 15.4 Å². The van der Waals surface area contributed by atoms with Crippen molar-refractivity contribution < 1.29 is 18.3 Å². The number of alkyl halides is 2. The van der Waals surface area contributed by atoms with Crippen molar-refractivity contribution in [1.29, 1.82) is 0 Å². The first kappa shape index (κ1) is 19.6. The lowest BCUT2D eigenvalue weighted by Gasteiger charge is -2.27. The molecule has 0 aromatic carbocycles. The van der Waals surface area contributed by atoms with Gasteiger partial charge in [0.1, 0.15) is 0 Å². The fourth-order valence-electron chi connectivity index (χ4n) is 2.53. The lowest BCUT2D eigenvalue weighted by molar-refractivity contribution is -0.126. The molecular formula is C15H22ClF2N3O2. The van der Waals surface area contributed by atoms with E-state index in [9.17, 15) is 13.6 Å². The molecule has 8 heteroatoms. The van der Waals surface area contributed by atoms with E-state index >= 15 is 0 Å². The van der Waals surface area contributed by atoms with E-state index in [0.29, 0.717) is 11.6 Å². The van der Waals surface area contributed by atoms with Gasteiger partial charge in [0.05, 0.1) is 0 Å². The first-order chi connectivity index (χ1) is 10.6. The molecule has 1 aromatic heterocycles. The second-order valence-corrected chi connectivity index (χ2v) is 5.46. The molecule has 2 heterocycles. The Labute approximate surface area is 140 Å². The van der Waals surface area contributed by atoms with E-state index in [-0.39, 0.29) is 36.7 Å². The van der Waals surface area contributed by atoms with Crippen molar-refractivity contribution in [2.45, 2.75) is 38.8 Å². The van der Waals surface area contributed by atoms with Gasteiger partial charge in [-0.25, -0.2) is 13.8 Å². The predicted molar refractivity (Wildman–Crippen MR) is 85.0 cm³/mol. The van der Waals surface area contributed by atoms with Crippen LogP contribution in [-0.4, -0.2) is 36.5 Å². The van der Waals surface area contributed by atoms with Crippen LogP contribution < -0.4 is 15.4 Å². The minimum Gasteiger partial charge on any atom is -0.471 e. The van der Waals surface area contributed by atoms with Crippen LogP contribution >= 0.6 is 12.4 Å². The SMILES string of the molecule is C[C@H]1C[C@@H](C(=O)NCc2cccnc2OCC(F)F)CCN1.Cl. The number of amides is 1. The van der Waals surface area contributed by atoms with Gasteiger partial charge in [0.2, 0.25) is 11.8 Å². The summed E-state index contributed by atoms with van der Waals surface area (Å²) in [6, 6.07) is 3.72. The maximum Gasteiger partial charge on any atom is 0.272 e. The molecule has 1 aliphatic rings. The van der Waals surface area contributed by atoms with Gasteiger partial charge >= 0.3 is 0 Å². The fraction of sp³-hybridized carbons (Fsp3) is 0.600. The van der Waals surface area contributed by atoms with Crippen LogP contribution in [0.15, 0.2) is 18.3 Å². The van der Waals surface area contributed by atoms with Crippen molar-refractivity contribution in [1.82, 2.24) is 15.6 Å². The van der Waals surface area contributed by atoms with Gasteiger partial charge in [-0.2, -0.15) is 0 Å². The summed E-state index contributed by atoms with van der Waals surface area (Å²) in [5, 5.41) is 6.14. The van der Waals surface area contributed by atoms with Crippen molar-refractivity contribution >= 4 is 18.3 Å². The lowest BCUT2D eigenvalue weighted by atomic mass is 9.92. The molecule has 0 saturated carbocycles. The summed E-state index contributed by atoms with van der Waals surface area (Å²) in [7, 11) is 0. The van der Waals surface area contributed by atoms with E-state index in [1.807, 2.05) is 0 Å². The summed E-state index contributed by atoms with van der Waals surface area (Å²) in [6.07, 6.45) is 0.521. The van der Waals surface area contributed by atoms with E-state index in [1.165, 1.54) is 6.20 Å². The number of carbonyl (C=O) groups is 1. The minimum atomic E-state index is -2.55. The summed E-state index contributed by atoms with van der Waals surface area (Å²) in [4.78, 5) is 16.1. The fourth-order valence-corrected chi connectivity index (χ4v) is 2.53. The quantitative estimate of drug-likeness (QED) is 0.826. The van der Waals surface area contributed by atoms with Crippen LogP contribution in [0.3, 0.4) is 0 Å². The zero-order chi connectivity index (χ0) is 15.9. The first-order valence-corrected chi connectivity index (χ1v) is 7.42. The molecule has 5 nitrogen and oxygen atoms in total. The number of hydrogen-bond acceptors (Lipinski definition) is 4. The maximum atomic E-state index is 12.2.